The molecule has 0 N–H and O–H groups in total. The summed E-state index contributed by atoms with van der Waals surface area (Å²) in [5.74, 6) is 1.20. The molecule has 0 saturated carbocycles. The van der Waals surface area contributed by atoms with Crippen LogP contribution in [-0.2, 0) is 9.53 Å². The third-order valence-electron chi connectivity index (χ3n) is 5.34. The number of para-hydroxylation sites is 1. The van der Waals surface area contributed by atoms with Crippen molar-refractivity contribution < 1.29 is 19.0 Å². The van der Waals surface area contributed by atoms with Crippen molar-refractivity contribution in [1.82, 2.24) is 9.88 Å². The molecule has 176 valence electrons. The van der Waals surface area contributed by atoms with Crippen LogP contribution in [0.15, 0.2) is 42.5 Å². The summed E-state index contributed by atoms with van der Waals surface area (Å²) in [6.07, 6.45) is 0.834. The topological polar surface area (TPSA) is 64.1 Å². The maximum Gasteiger partial charge on any atom is 0.266 e. The van der Waals surface area contributed by atoms with Crippen LogP contribution in [0.2, 0.25) is 5.02 Å². The van der Waals surface area contributed by atoms with E-state index in [-0.39, 0.29) is 12.5 Å². The average molecular weight is 490 g/mol. The molecule has 33 heavy (non-hydrogen) atoms. The number of thiazole rings is 1. The second kappa shape index (κ2) is 11.7. The van der Waals surface area contributed by atoms with Crippen LogP contribution in [0.25, 0.3) is 10.2 Å². The summed E-state index contributed by atoms with van der Waals surface area (Å²) < 4.78 is 17.9. The standard InChI is InChI=1S/C24H28ClN3O4S/c1-2-31-20-5-3-6-21-23(20)26-24(33-21)28(12-4-11-27-13-15-30-16-14-27)22(29)17-32-19-9-7-18(25)8-10-19/h3,5-10H,2,4,11-17H2,1H3. The first-order valence-electron chi connectivity index (χ1n) is 11.1. The molecule has 4 rings (SSSR count). The number of fused-ring (bicyclic) bond motifs is 1. The molecule has 1 fully saturated rings. The first-order chi connectivity index (χ1) is 16.1. The minimum atomic E-state index is -0.135. The summed E-state index contributed by atoms with van der Waals surface area (Å²) in [5.41, 5.74) is 0.781. The Labute approximate surface area is 202 Å². The second-order valence-electron chi connectivity index (χ2n) is 7.63. The van der Waals surface area contributed by atoms with Gasteiger partial charge in [0.1, 0.15) is 17.0 Å². The Morgan fingerprint density at radius 2 is 1.97 bits per heavy atom. The van der Waals surface area contributed by atoms with Gasteiger partial charge in [0.25, 0.3) is 5.91 Å². The van der Waals surface area contributed by atoms with Gasteiger partial charge in [-0.05, 0) is 49.7 Å². The Balaban J connectivity index is 1.49. The fourth-order valence-electron chi connectivity index (χ4n) is 3.66. The Morgan fingerprint density at radius 3 is 2.73 bits per heavy atom. The molecule has 0 radical (unpaired) electrons. The molecule has 2 heterocycles. The maximum absolute atomic E-state index is 13.2. The zero-order valence-corrected chi connectivity index (χ0v) is 20.2. The van der Waals surface area contributed by atoms with Gasteiger partial charge < -0.3 is 14.2 Å². The van der Waals surface area contributed by atoms with Crippen LogP contribution in [0.4, 0.5) is 5.13 Å². The Hall–Kier alpha value is -2.39. The minimum absolute atomic E-state index is 0.0760. The lowest BCUT2D eigenvalue weighted by atomic mass is 10.3. The summed E-state index contributed by atoms with van der Waals surface area (Å²) in [5, 5.41) is 1.28. The van der Waals surface area contributed by atoms with Crippen molar-refractivity contribution in [3.05, 3.63) is 47.5 Å². The highest BCUT2D eigenvalue weighted by atomic mass is 35.5. The number of rotatable bonds is 10. The third-order valence-corrected chi connectivity index (χ3v) is 6.63. The van der Waals surface area contributed by atoms with E-state index in [4.69, 9.17) is 30.8 Å². The average Bonchev–Trinajstić information content (AvgIpc) is 3.27. The SMILES string of the molecule is CCOc1cccc2sc(N(CCCN3CCOCC3)C(=O)COc3ccc(Cl)cc3)nc12. The summed E-state index contributed by atoms with van der Waals surface area (Å²) in [6, 6.07) is 12.8. The molecule has 2 aromatic carbocycles. The van der Waals surface area contributed by atoms with E-state index in [1.165, 1.54) is 11.3 Å². The number of amides is 1. The second-order valence-corrected chi connectivity index (χ2v) is 9.07. The zero-order valence-electron chi connectivity index (χ0n) is 18.7. The van der Waals surface area contributed by atoms with Gasteiger partial charge in [0.2, 0.25) is 0 Å². The number of anilines is 1. The molecule has 1 aliphatic heterocycles. The van der Waals surface area contributed by atoms with Crippen LogP contribution in [0.1, 0.15) is 13.3 Å². The van der Waals surface area contributed by atoms with Crippen LogP contribution < -0.4 is 14.4 Å². The number of carbonyl (C=O) groups is 1. The van der Waals surface area contributed by atoms with E-state index in [1.54, 1.807) is 29.2 Å². The van der Waals surface area contributed by atoms with Gasteiger partial charge in [0.05, 0.1) is 24.5 Å². The smallest absolute Gasteiger partial charge is 0.266 e. The number of benzene rings is 2. The van der Waals surface area contributed by atoms with E-state index in [1.807, 2.05) is 25.1 Å². The lowest BCUT2D eigenvalue weighted by molar-refractivity contribution is -0.120. The van der Waals surface area contributed by atoms with Gasteiger partial charge in [-0.25, -0.2) is 4.98 Å². The lowest BCUT2D eigenvalue weighted by Gasteiger charge is -2.27. The highest BCUT2D eigenvalue weighted by Crippen LogP contribution is 2.34. The highest BCUT2D eigenvalue weighted by molar-refractivity contribution is 7.22. The van der Waals surface area contributed by atoms with Crippen LogP contribution in [0.3, 0.4) is 0 Å². The molecule has 1 saturated heterocycles. The van der Waals surface area contributed by atoms with Crippen molar-refractivity contribution >= 4 is 44.2 Å². The molecule has 1 aromatic heterocycles. The third kappa shape index (κ3) is 6.35. The van der Waals surface area contributed by atoms with Crippen LogP contribution in [-0.4, -0.2) is 68.4 Å². The van der Waals surface area contributed by atoms with Crippen molar-refractivity contribution in [2.24, 2.45) is 0 Å². The Morgan fingerprint density at radius 1 is 1.18 bits per heavy atom. The number of halogens is 1. The predicted molar refractivity (Wildman–Crippen MR) is 132 cm³/mol. The van der Waals surface area contributed by atoms with Gasteiger partial charge in [-0.15, -0.1) is 0 Å². The molecule has 7 nitrogen and oxygen atoms in total. The summed E-state index contributed by atoms with van der Waals surface area (Å²) >= 11 is 7.43. The number of hydrogen-bond acceptors (Lipinski definition) is 7. The number of carbonyl (C=O) groups excluding carboxylic acids is 1. The minimum Gasteiger partial charge on any atom is -0.492 e. The number of aromatic nitrogens is 1. The van der Waals surface area contributed by atoms with E-state index in [0.717, 1.165) is 55.2 Å². The van der Waals surface area contributed by atoms with Gasteiger partial charge in [0.15, 0.2) is 11.7 Å². The van der Waals surface area contributed by atoms with E-state index in [0.29, 0.717) is 29.1 Å². The lowest BCUT2D eigenvalue weighted by Crippen LogP contribution is -2.40. The van der Waals surface area contributed by atoms with Crippen LogP contribution in [0, 0.1) is 0 Å². The fourth-order valence-corrected chi connectivity index (χ4v) is 4.81. The van der Waals surface area contributed by atoms with Gasteiger partial charge in [-0.1, -0.05) is 29.0 Å². The number of ether oxygens (including phenoxy) is 3. The molecule has 0 bridgehead atoms. The summed E-state index contributed by atoms with van der Waals surface area (Å²) in [4.78, 5) is 22.1. The number of hydrogen-bond donors (Lipinski definition) is 0. The van der Waals surface area contributed by atoms with E-state index < -0.39 is 0 Å². The molecule has 1 amide bonds. The van der Waals surface area contributed by atoms with Crippen LogP contribution in [0.5, 0.6) is 11.5 Å². The van der Waals surface area contributed by atoms with Crippen molar-refractivity contribution in [2.75, 3.05) is 57.5 Å². The first kappa shape index (κ1) is 23.8. The van der Waals surface area contributed by atoms with Crippen molar-refractivity contribution in [3.63, 3.8) is 0 Å². The summed E-state index contributed by atoms with van der Waals surface area (Å²) in [7, 11) is 0. The predicted octanol–water partition coefficient (Wildman–Crippen LogP) is 4.48. The zero-order chi connectivity index (χ0) is 23.0. The van der Waals surface area contributed by atoms with Crippen molar-refractivity contribution in [1.29, 1.82) is 0 Å². The number of nitrogens with zero attached hydrogens (tertiary/aromatic N) is 3. The molecule has 3 aromatic rings. The van der Waals surface area contributed by atoms with Gasteiger partial charge >= 0.3 is 0 Å². The van der Waals surface area contributed by atoms with E-state index >= 15 is 0 Å². The van der Waals surface area contributed by atoms with E-state index in [2.05, 4.69) is 4.90 Å². The van der Waals surface area contributed by atoms with E-state index in [9.17, 15) is 4.79 Å². The fraction of sp³-hybridized carbons (Fsp3) is 0.417. The molecular weight excluding hydrogens is 462 g/mol. The molecule has 9 heteroatoms. The largest absolute Gasteiger partial charge is 0.492 e. The van der Waals surface area contributed by atoms with Gasteiger partial charge in [0, 0.05) is 31.2 Å². The molecule has 0 spiro atoms. The Bertz CT molecular complexity index is 1050. The molecule has 0 unspecified atom stereocenters. The number of morpholine rings is 1. The molecule has 0 aliphatic carbocycles. The van der Waals surface area contributed by atoms with Crippen LogP contribution >= 0.6 is 22.9 Å². The van der Waals surface area contributed by atoms with Gasteiger partial charge in [-0.3, -0.25) is 14.6 Å². The highest BCUT2D eigenvalue weighted by Gasteiger charge is 2.22. The monoisotopic (exact) mass is 489 g/mol. The normalized spacial score (nSPS) is 14.4. The van der Waals surface area contributed by atoms with Crippen molar-refractivity contribution in [2.45, 2.75) is 13.3 Å². The molecule has 1 aliphatic rings. The first-order valence-corrected chi connectivity index (χ1v) is 12.3. The van der Waals surface area contributed by atoms with Gasteiger partial charge in [-0.2, -0.15) is 0 Å². The van der Waals surface area contributed by atoms with Crippen molar-refractivity contribution in [3.8, 4) is 11.5 Å². The Kier molecular flexibility index (Phi) is 8.39. The molecular formula is C24H28ClN3O4S. The summed E-state index contributed by atoms with van der Waals surface area (Å²) in [6.45, 7) is 7.26. The maximum atomic E-state index is 13.2. The quantitative estimate of drug-likeness (QED) is 0.418. The molecule has 0 atom stereocenters.